The van der Waals surface area contributed by atoms with Crippen LogP contribution in [0.15, 0.2) is 54.6 Å². The van der Waals surface area contributed by atoms with Crippen LogP contribution in [-0.2, 0) is 18.3 Å². The molecule has 0 aliphatic heterocycles. The van der Waals surface area contributed by atoms with E-state index in [1.165, 1.54) is 0 Å². The predicted molar refractivity (Wildman–Crippen MR) is 130 cm³/mol. The Hall–Kier alpha value is -2.67. The van der Waals surface area contributed by atoms with Gasteiger partial charge in [0, 0.05) is 31.7 Å². The molecule has 1 aliphatic carbocycles. The quantitative estimate of drug-likeness (QED) is 0.449. The van der Waals surface area contributed by atoms with Crippen LogP contribution >= 0.6 is 0 Å². The molecular formula is C27H35N3O3. The zero-order valence-corrected chi connectivity index (χ0v) is 20.1. The molecule has 0 bridgehead atoms. The third-order valence-electron chi connectivity index (χ3n) is 5.83. The Bertz CT molecular complexity index is 1040. The largest absolute Gasteiger partial charge is 0.439 e. The van der Waals surface area contributed by atoms with E-state index in [0.29, 0.717) is 25.7 Å². The molecule has 1 fully saturated rings. The minimum atomic E-state index is -0.536. The second-order valence-corrected chi connectivity index (χ2v) is 9.24. The van der Waals surface area contributed by atoms with Crippen LogP contribution in [0.3, 0.4) is 0 Å². The molecule has 0 spiro atoms. The lowest BCUT2D eigenvalue weighted by Gasteiger charge is -2.26. The van der Waals surface area contributed by atoms with Gasteiger partial charge < -0.3 is 14.6 Å². The summed E-state index contributed by atoms with van der Waals surface area (Å²) in [6.07, 6.45) is 1.86. The second-order valence-electron chi connectivity index (χ2n) is 9.24. The van der Waals surface area contributed by atoms with E-state index in [1.54, 1.807) is 0 Å². The highest BCUT2D eigenvalue weighted by atomic mass is 16.5. The number of aryl methyl sites for hydroxylation is 2. The first-order valence-electron chi connectivity index (χ1n) is 11.8. The van der Waals surface area contributed by atoms with Crippen molar-refractivity contribution in [2.24, 2.45) is 7.05 Å². The highest BCUT2D eigenvalue weighted by Crippen LogP contribution is 2.37. The Morgan fingerprint density at radius 2 is 1.88 bits per heavy atom. The summed E-state index contributed by atoms with van der Waals surface area (Å²) in [7, 11) is 1.92. The minimum absolute atomic E-state index is 0.103. The highest BCUT2D eigenvalue weighted by Gasteiger charge is 2.33. The average molecular weight is 450 g/mol. The van der Waals surface area contributed by atoms with Gasteiger partial charge in [-0.15, -0.1) is 0 Å². The van der Waals surface area contributed by atoms with Gasteiger partial charge in [-0.05, 0) is 51.3 Å². The van der Waals surface area contributed by atoms with Gasteiger partial charge >= 0.3 is 0 Å². The number of nitrogens with zero attached hydrogens (tertiary/aromatic N) is 3. The van der Waals surface area contributed by atoms with Crippen molar-refractivity contribution >= 4 is 0 Å². The maximum absolute atomic E-state index is 10.6. The molecule has 1 aliphatic rings. The van der Waals surface area contributed by atoms with Crippen LogP contribution in [0.25, 0.3) is 11.3 Å². The summed E-state index contributed by atoms with van der Waals surface area (Å²) in [4.78, 5) is 2.35. The number of benzene rings is 2. The SMILES string of the molecule is Cc1cccc(Oc2c(CN(C[C@@H](O)COC(C)C)C3CC3)c(-c3ccccc3)nn2C)c1. The van der Waals surface area contributed by atoms with Crippen LogP contribution in [0.1, 0.15) is 37.8 Å². The van der Waals surface area contributed by atoms with Gasteiger partial charge in [-0.25, -0.2) is 4.68 Å². The zero-order valence-electron chi connectivity index (χ0n) is 20.1. The summed E-state index contributed by atoms with van der Waals surface area (Å²) < 4.78 is 13.9. The Morgan fingerprint density at radius 3 is 2.55 bits per heavy atom. The van der Waals surface area contributed by atoms with Crippen molar-refractivity contribution in [2.45, 2.75) is 58.4 Å². The molecule has 2 aromatic carbocycles. The summed E-state index contributed by atoms with van der Waals surface area (Å²) in [6.45, 7) is 7.59. The summed E-state index contributed by atoms with van der Waals surface area (Å²) in [5.41, 5.74) is 4.16. The van der Waals surface area contributed by atoms with E-state index in [1.807, 2.05) is 62.0 Å². The molecule has 6 heteroatoms. The molecule has 0 unspecified atom stereocenters. The van der Waals surface area contributed by atoms with Crippen molar-refractivity contribution in [3.63, 3.8) is 0 Å². The molecule has 6 nitrogen and oxygen atoms in total. The van der Waals surface area contributed by atoms with Crippen molar-refractivity contribution in [3.05, 3.63) is 65.7 Å². The lowest BCUT2D eigenvalue weighted by Crippen LogP contribution is -2.36. The number of aliphatic hydroxyl groups excluding tert-OH is 1. The Labute approximate surface area is 196 Å². The molecule has 1 atom stereocenters. The Morgan fingerprint density at radius 1 is 1.12 bits per heavy atom. The fraction of sp³-hybridized carbons (Fsp3) is 0.444. The number of ether oxygens (including phenoxy) is 2. The molecule has 1 aromatic heterocycles. The van der Waals surface area contributed by atoms with Crippen LogP contribution in [0, 0.1) is 6.92 Å². The van der Waals surface area contributed by atoms with Crippen molar-refractivity contribution in [1.29, 1.82) is 0 Å². The number of aromatic nitrogens is 2. The molecule has 3 aromatic rings. The number of aliphatic hydroxyl groups is 1. The molecule has 0 saturated heterocycles. The van der Waals surface area contributed by atoms with E-state index < -0.39 is 6.10 Å². The van der Waals surface area contributed by atoms with E-state index >= 15 is 0 Å². The molecular weight excluding hydrogens is 414 g/mol. The van der Waals surface area contributed by atoms with Gasteiger partial charge in [0.2, 0.25) is 5.88 Å². The lowest BCUT2D eigenvalue weighted by molar-refractivity contribution is -0.0107. The molecule has 4 rings (SSSR count). The first kappa shape index (κ1) is 23.5. The van der Waals surface area contributed by atoms with E-state index in [2.05, 4.69) is 30.0 Å². The summed E-state index contributed by atoms with van der Waals surface area (Å²) in [5, 5.41) is 15.5. The summed E-state index contributed by atoms with van der Waals surface area (Å²) in [5.74, 6) is 1.53. The van der Waals surface area contributed by atoms with Crippen molar-refractivity contribution < 1.29 is 14.6 Å². The van der Waals surface area contributed by atoms with E-state index in [-0.39, 0.29) is 6.10 Å². The van der Waals surface area contributed by atoms with Crippen LogP contribution in [0.2, 0.25) is 0 Å². The number of hydrogen-bond donors (Lipinski definition) is 1. The molecule has 33 heavy (non-hydrogen) atoms. The maximum atomic E-state index is 10.6. The van der Waals surface area contributed by atoms with Crippen molar-refractivity contribution in [3.8, 4) is 22.9 Å². The fourth-order valence-corrected chi connectivity index (χ4v) is 4.05. The van der Waals surface area contributed by atoms with Crippen molar-refractivity contribution in [2.75, 3.05) is 13.2 Å². The Kier molecular flexibility index (Phi) is 7.48. The maximum Gasteiger partial charge on any atom is 0.222 e. The monoisotopic (exact) mass is 449 g/mol. The first-order valence-corrected chi connectivity index (χ1v) is 11.8. The van der Waals surface area contributed by atoms with Gasteiger partial charge in [0.25, 0.3) is 0 Å². The standard InChI is InChI=1S/C27H35N3O3/c1-19(2)32-18-23(31)16-30(22-13-14-22)17-25-26(21-10-6-5-7-11-21)28-29(4)27(25)33-24-12-8-9-20(3)15-24/h5-12,15,19,22-23,31H,13-14,16-18H2,1-4H3/t23-/m1/s1. The van der Waals surface area contributed by atoms with Gasteiger partial charge in [-0.3, -0.25) is 4.90 Å². The van der Waals surface area contributed by atoms with Crippen LogP contribution < -0.4 is 4.74 Å². The van der Waals surface area contributed by atoms with Gasteiger partial charge in [0.05, 0.1) is 24.4 Å². The lowest BCUT2D eigenvalue weighted by atomic mass is 10.1. The van der Waals surface area contributed by atoms with Crippen LogP contribution in [0.5, 0.6) is 11.6 Å². The van der Waals surface area contributed by atoms with Gasteiger partial charge in [0.1, 0.15) is 11.4 Å². The molecule has 1 saturated carbocycles. The van der Waals surface area contributed by atoms with Gasteiger partial charge in [-0.2, -0.15) is 5.10 Å². The van der Waals surface area contributed by atoms with Gasteiger partial charge in [-0.1, -0.05) is 42.5 Å². The highest BCUT2D eigenvalue weighted by molar-refractivity contribution is 5.65. The second kappa shape index (κ2) is 10.5. The Balaban J connectivity index is 1.65. The zero-order chi connectivity index (χ0) is 23.4. The van der Waals surface area contributed by atoms with E-state index in [4.69, 9.17) is 14.6 Å². The molecule has 0 amide bonds. The summed E-state index contributed by atoms with van der Waals surface area (Å²) >= 11 is 0. The first-order chi connectivity index (χ1) is 15.9. The summed E-state index contributed by atoms with van der Waals surface area (Å²) in [6, 6.07) is 18.8. The third kappa shape index (κ3) is 6.22. The van der Waals surface area contributed by atoms with E-state index in [9.17, 15) is 5.11 Å². The predicted octanol–water partition coefficient (Wildman–Crippen LogP) is 4.94. The topological polar surface area (TPSA) is 59.8 Å². The number of rotatable bonds is 11. The van der Waals surface area contributed by atoms with Crippen LogP contribution in [0.4, 0.5) is 0 Å². The third-order valence-corrected chi connectivity index (χ3v) is 5.83. The fourth-order valence-electron chi connectivity index (χ4n) is 4.05. The smallest absolute Gasteiger partial charge is 0.222 e. The van der Waals surface area contributed by atoms with Crippen LogP contribution in [-0.4, -0.2) is 51.2 Å². The average Bonchev–Trinajstić information content (AvgIpc) is 3.59. The van der Waals surface area contributed by atoms with Gasteiger partial charge in [0.15, 0.2) is 0 Å². The molecule has 0 radical (unpaired) electrons. The van der Waals surface area contributed by atoms with E-state index in [0.717, 1.165) is 46.9 Å². The minimum Gasteiger partial charge on any atom is -0.439 e. The van der Waals surface area contributed by atoms with Crippen molar-refractivity contribution in [1.82, 2.24) is 14.7 Å². The molecule has 1 N–H and O–H groups in total. The molecule has 176 valence electrons. The molecule has 1 heterocycles. The number of hydrogen-bond acceptors (Lipinski definition) is 5. The normalized spacial score (nSPS) is 14.8.